The Hall–Kier alpha value is -1.56. The first-order valence-corrected chi connectivity index (χ1v) is 4.42. The molecule has 0 fully saturated rings. The van der Waals surface area contributed by atoms with Gasteiger partial charge in [0.1, 0.15) is 6.07 Å². The molecule has 3 nitrogen and oxygen atoms in total. The van der Waals surface area contributed by atoms with E-state index in [0.717, 1.165) is 18.8 Å². The molecule has 0 saturated carbocycles. The van der Waals surface area contributed by atoms with Crippen LogP contribution in [-0.4, -0.2) is 18.1 Å². The van der Waals surface area contributed by atoms with Gasteiger partial charge in [0, 0.05) is 19.3 Å². The smallest absolute Gasteiger partial charge is 0.101 e. The van der Waals surface area contributed by atoms with Crippen molar-refractivity contribution >= 4 is 5.69 Å². The van der Waals surface area contributed by atoms with E-state index in [0.29, 0.717) is 5.56 Å². The highest BCUT2D eigenvalue weighted by Crippen LogP contribution is 2.17. The van der Waals surface area contributed by atoms with Gasteiger partial charge in [0.05, 0.1) is 17.4 Å². The molecule has 0 spiro atoms. The minimum Gasteiger partial charge on any atom is -0.370 e. The first-order chi connectivity index (χ1) is 6.33. The molecule has 1 aromatic rings. The Morgan fingerprint density at radius 1 is 1.46 bits per heavy atom. The zero-order chi connectivity index (χ0) is 9.68. The van der Waals surface area contributed by atoms with Gasteiger partial charge in [0.15, 0.2) is 0 Å². The van der Waals surface area contributed by atoms with E-state index in [1.165, 1.54) is 0 Å². The molecule has 13 heavy (non-hydrogen) atoms. The van der Waals surface area contributed by atoms with Crippen molar-refractivity contribution in [2.45, 2.75) is 13.8 Å². The van der Waals surface area contributed by atoms with E-state index >= 15 is 0 Å². The summed E-state index contributed by atoms with van der Waals surface area (Å²) in [6, 6.07) is 3.91. The van der Waals surface area contributed by atoms with Crippen molar-refractivity contribution in [1.82, 2.24) is 4.98 Å². The molecule has 0 bridgehead atoms. The van der Waals surface area contributed by atoms with Crippen LogP contribution in [0.15, 0.2) is 18.5 Å². The molecule has 0 unspecified atom stereocenters. The Morgan fingerprint density at radius 2 is 2.15 bits per heavy atom. The zero-order valence-corrected chi connectivity index (χ0v) is 7.99. The van der Waals surface area contributed by atoms with Crippen LogP contribution in [0.4, 0.5) is 5.69 Å². The number of hydrogen-bond donors (Lipinski definition) is 0. The fourth-order valence-corrected chi connectivity index (χ4v) is 1.30. The first kappa shape index (κ1) is 9.53. The summed E-state index contributed by atoms with van der Waals surface area (Å²) in [4.78, 5) is 6.13. The summed E-state index contributed by atoms with van der Waals surface area (Å²) in [6.07, 6.45) is 3.39. The van der Waals surface area contributed by atoms with Gasteiger partial charge in [0.2, 0.25) is 0 Å². The Kier molecular flexibility index (Phi) is 3.27. The average molecular weight is 175 g/mol. The van der Waals surface area contributed by atoms with Crippen molar-refractivity contribution in [2.24, 2.45) is 0 Å². The SMILES string of the molecule is CCN(CC)c1cnccc1C#N. The summed E-state index contributed by atoms with van der Waals surface area (Å²) in [7, 11) is 0. The standard InChI is InChI=1S/C10H13N3/c1-3-13(4-2)10-8-12-6-5-9(10)7-11/h5-6,8H,3-4H2,1-2H3. The van der Waals surface area contributed by atoms with E-state index in [2.05, 4.69) is 29.8 Å². The van der Waals surface area contributed by atoms with Crippen molar-refractivity contribution in [2.75, 3.05) is 18.0 Å². The Labute approximate surface area is 78.6 Å². The second kappa shape index (κ2) is 4.46. The van der Waals surface area contributed by atoms with E-state index in [1.807, 2.05) is 0 Å². The van der Waals surface area contributed by atoms with Crippen LogP contribution >= 0.6 is 0 Å². The lowest BCUT2D eigenvalue weighted by Crippen LogP contribution is -2.22. The maximum atomic E-state index is 8.85. The molecule has 0 aliphatic carbocycles. The zero-order valence-electron chi connectivity index (χ0n) is 7.99. The second-order valence-electron chi connectivity index (χ2n) is 2.68. The highest BCUT2D eigenvalue weighted by Gasteiger charge is 2.06. The largest absolute Gasteiger partial charge is 0.370 e. The normalized spacial score (nSPS) is 9.31. The van der Waals surface area contributed by atoms with Gasteiger partial charge >= 0.3 is 0 Å². The van der Waals surface area contributed by atoms with Crippen LogP contribution in [0.2, 0.25) is 0 Å². The summed E-state index contributed by atoms with van der Waals surface area (Å²) in [6.45, 7) is 5.93. The van der Waals surface area contributed by atoms with Crippen LogP contribution in [0.3, 0.4) is 0 Å². The molecule has 0 atom stereocenters. The number of pyridine rings is 1. The molecular weight excluding hydrogens is 162 g/mol. The molecular formula is C10H13N3. The lowest BCUT2D eigenvalue weighted by molar-refractivity contribution is 0.860. The number of aromatic nitrogens is 1. The molecule has 0 radical (unpaired) electrons. The molecule has 3 heteroatoms. The van der Waals surface area contributed by atoms with E-state index < -0.39 is 0 Å². The van der Waals surface area contributed by atoms with Crippen LogP contribution < -0.4 is 4.90 Å². The van der Waals surface area contributed by atoms with Gasteiger partial charge in [-0.25, -0.2) is 0 Å². The molecule has 1 heterocycles. The van der Waals surface area contributed by atoms with E-state index in [-0.39, 0.29) is 0 Å². The summed E-state index contributed by atoms with van der Waals surface area (Å²) in [5, 5.41) is 8.85. The number of rotatable bonds is 3. The third-order valence-electron chi connectivity index (χ3n) is 2.02. The van der Waals surface area contributed by atoms with Crippen molar-refractivity contribution in [3.63, 3.8) is 0 Å². The van der Waals surface area contributed by atoms with Crippen LogP contribution in [-0.2, 0) is 0 Å². The molecule has 1 aromatic heterocycles. The Morgan fingerprint density at radius 3 is 2.69 bits per heavy atom. The number of nitrogens with zero attached hydrogens (tertiary/aromatic N) is 3. The molecule has 0 aliphatic rings. The highest BCUT2D eigenvalue weighted by molar-refractivity contribution is 5.57. The van der Waals surface area contributed by atoms with Crippen LogP contribution in [0.1, 0.15) is 19.4 Å². The third kappa shape index (κ3) is 1.97. The molecule has 0 aliphatic heterocycles. The lowest BCUT2D eigenvalue weighted by Gasteiger charge is -2.21. The predicted octanol–water partition coefficient (Wildman–Crippen LogP) is 1.80. The molecule has 68 valence electrons. The van der Waals surface area contributed by atoms with Crippen LogP contribution in [0.5, 0.6) is 0 Å². The van der Waals surface area contributed by atoms with Crippen molar-refractivity contribution < 1.29 is 0 Å². The van der Waals surface area contributed by atoms with E-state index in [1.54, 1.807) is 18.5 Å². The molecule has 0 amide bonds. The first-order valence-electron chi connectivity index (χ1n) is 4.42. The topological polar surface area (TPSA) is 39.9 Å². The van der Waals surface area contributed by atoms with E-state index in [9.17, 15) is 0 Å². The van der Waals surface area contributed by atoms with Crippen LogP contribution in [0.25, 0.3) is 0 Å². The highest BCUT2D eigenvalue weighted by atomic mass is 15.1. The summed E-state index contributed by atoms with van der Waals surface area (Å²) < 4.78 is 0. The fourth-order valence-electron chi connectivity index (χ4n) is 1.30. The average Bonchev–Trinajstić information content (AvgIpc) is 2.20. The van der Waals surface area contributed by atoms with Gasteiger partial charge in [-0.15, -0.1) is 0 Å². The quantitative estimate of drug-likeness (QED) is 0.703. The maximum absolute atomic E-state index is 8.85. The van der Waals surface area contributed by atoms with Gasteiger partial charge in [-0.3, -0.25) is 4.98 Å². The Bertz CT molecular complexity index is 310. The Balaban J connectivity index is 3.05. The minimum atomic E-state index is 0.693. The van der Waals surface area contributed by atoms with Crippen molar-refractivity contribution in [3.05, 3.63) is 24.0 Å². The van der Waals surface area contributed by atoms with Crippen molar-refractivity contribution in [1.29, 1.82) is 5.26 Å². The maximum Gasteiger partial charge on any atom is 0.101 e. The molecule has 0 aromatic carbocycles. The minimum absolute atomic E-state index is 0.693. The van der Waals surface area contributed by atoms with Gasteiger partial charge < -0.3 is 4.90 Å². The van der Waals surface area contributed by atoms with Gasteiger partial charge in [-0.1, -0.05) is 0 Å². The predicted molar refractivity (Wildman–Crippen MR) is 52.5 cm³/mol. The van der Waals surface area contributed by atoms with Gasteiger partial charge in [-0.05, 0) is 19.9 Å². The number of hydrogen-bond acceptors (Lipinski definition) is 3. The summed E-state index contributed by atoms with van der Waals surface area (Å²) in [5.74, 6) is 0. The number of nitriles is 1. The van der Waals surface area contributed by atoms with Crippen LogP contribution in [0, 0.1) is 11.3 Å². The van der Waals surface area contributed by atoms with Gasteiger partial charge in [0.25, 0.3) is 0 Å². The van der Waals surface area contributed by atoms with Gasteiger partial charge in [-0.2, -0.15) is 5.26 Å². The molecule has 1 rings (SSSR count). The lowest BCUT2D eigenvalue weighted by atomic mass is 10.2. The molecule has 0 N–H and O–H groups in total. The molecule has 0 saturated heterocycles. The number of anilines is 1. The monoisotopic (exact) mass is 175 g/mol. The fraction of sp³-hybridized carbons (Fsp3) is 0.400. The van der Waals surface area contributed by atoms with Crippen molar-refractivity contribution in [3.8, 4) is 6.07 Å². The van der Waals surface area contributed by atoms with E-state index in [4.69, 9.17) is 5.26 Å². The third-order valence-corrected chi connectivity index (χ3v) is 2.02. The summed E-state index contributed by atoms with van der Waals surface area (Å²) >= 11 is 0. The summed E-state index contributed by atoms with van der Waals surface area (Å²) in [5.41, 5.74) is 1.62. The second-order valence-corrected chi connectivity index (χ2v) is 2.68.